The molecular weight excluding hydrogens is 298 g/mol. The van der Waals surface area contributed by atoms with Gasteiger partial charge in [-0.25, -0.2) is 0 Å². The quantitative estimate of drug-likeness (QED) is 0.754. The number of hydrogen-bond acceptors (Lipinski definition) is 5. The molecule has 0 spiro atoms. The van der Waals surface area contributed by atoms with E-state index in [2.05, 4.69) is 19.2 Å². The van der Waals surface area contributed by atoms with E-state index < -0.39 is 6.23 Å². The highest BCUT2D eigenvalue weighted by atomic mass is 16.6. The van der Waals surface area contributed by atoms with Crippen LogP contribution in [-0.2, 0) is 23.9 Å². The molecule has 132 valence electrons. The van der Waals surface area contributed by atoms with Crippen molar-refractivity contribution < 1.29 is 23.9 Å². The number of amides is 1. The molecule has 23 heavy (non-hydrogen) atoms. The van der Waals surface area contributed by atoms with Gasteiger partial charge in [-0.2, -0.15) is 0 Å². The number of ether oxygens (including phenoxy) is 2. The molecule has 0 aromatic rings. The van der Waals surface area contributed by atoms with Gasteiger partial charge in [0.25, 0.3) is 0 Å². The van der Waals surface area contributed by atoms with Gasteiger partial charge in [0.1, 0.15) is 18.6 Å². The third-order valence-electron chi connectivity index (χ3n) is 4.98. The summed E-state index contributed by atoms with van der Waals surface area (Å²) in [5.41, 5.74) is 0. The number of esters is 1. The smallest absolute Gasteiger partial charge is 0.302 e. The fourth-order valence-corrected chi connectivity index (χ4v) is 2.72. The summed E-state index contributed by atoms with van der Waals surface area (Å²) < 4.78 is 11.0. The van der Waals surface area contributed by atoms with Crippen LogP contribution in [0.2, 0.25) is 0 Å². The van der Waals surface area contributed by atoms with Crippen molar-refractivity contribution in [2.45, 2.75) is 60.3 Å². The van der Waals surface area contributed by atoms with Gasteiger partial charge in [-0.1, -0.05) is 27.7 Å². The molecule has 0 radical (unpaired) electrons. The van der Waals surface area contributed by atoms with Crippen molar-refractivity contribution >= 4 is 17.7 Å². The topological polar surface area (TPSA) is 81.7 Å². The van der Waals surface area contributed by atoms with Crippen molar-refractivity contribution in [2.24, 2.45) is 23.7 Å². The molecule has 0 saturated carbocycles. The summed E-state index contributed by atoms with van der Waals surface area (Å²) in [4.78, 5) is 34.4. The Balaban J connectivity index is 2.67. The van der Waals surface area contributed by atoms with Gasteiger partial charge in [-0.05, 0) is 18.8 Å². The Labute approximate surface area is 138 Å². The molecule has 1 N–H and O–H groups in total. The maximum atomic E-state index is 12.1. The standard InChI is InChI=1S/C17H29NO5/c1-9(13(5)19)7-16(21)18-17-12(4)10(2)11(3)15(23-17)8-22-14(6)20/h9-12,15,17H,7-8H2,1-6H3,(H,18,21)/t9-,10-,11+,12?,15?,17+/m0/s1. The Morgan fingerprint density at radius 3 is 2.22 bits per heavy atom. The SMILES string of the molecule is CC(=O)OCC1O[C@@H](NC(=O)C[C@H](C)C(C)=O)C(C)[C@@H](C)[C@H]1C. The van der Waals surface area contributed by atoms with Crippen molar-refractivity contribution in [3.63, 3.8) is 0 Å². The molecule has 6 atom stereocenters. The maximum Gasteiger partial charge on any atom is 0.302 e. The van der Waals surface area contributed by atoms with E-state index in [-0.39, 0.29) is 54.5 Å². The summed E-state index contributed by atoms with van der Waals surface area (Å²) in [5.74, 6) is -0.196. The van der Waals surface area contributed by atoms with Crippen LogP contribution in [0, 0.1) is 23.7 Å². The predicted molar refractivity (Wildman–Crippen MR) is 85.4 cm³/mol. The zero-order chi connectivity index (χ0) is 17.7. The number of Topliss-reactive ketones (excluding diaryl/α,β-unsaturated/α-hetero) is 1. The Hall–Kier alpha value is -1.43. The Morgan fingerprint density at radius 2 is 1.70 bits per heavy atom. The second-order valence-corrected chi connectivity index (χ2v) is 6.76. The first-order valence-corrected chi connectivity index (χ1v) is 8.22. The van der Waals surface area contributed by atoms with Gasteiger partial charge < -0.3 is 14.8 Å². The number of carbonyl (C=O) groups excluding carboxylic acids is 3. The van der Waals surface area contributed by atoms with Gasteiger partial charge in [0.05, 0.1) is 6.10 Å². The molecule has 1 aliphatic rings. The van der Waals surface area contributed by atoms with Gasteiger partial charge in [-0.15, -0.1) is 0 Å². The van der Waals surface area contributed by atoms with Crippen LogP contribution in [0.15, 0.2) is 0 Å². The molecule has 1 amide bonds. The zero-order valence-electron chi connectivity index (χ0n) is 14.9. The van der Waals surface area contributed by atoms with E-state index in [4.69, 9.17) is 9.47 Å². The van der Waals surface area contributed by atoms with E-state index in [1.165, 1.54) is 13.8 Å². The van der Waals surface area contributed by atoms with E-state index >= 15 is 0 Å². The summed E-state index contributed by atoms with van der Waals surface area (Å²) in [5, 5.41) is 2.87. The van der Waals surface area contributed by atoms with Crippen molar-refractivity contribution in [1.82, 2.24) is 5.32 Å². The minimum Gasteiger partial charge on any atom is -0.463 e. The highest BCUT2D eigenvalue weighted by molar-refractivity contribution is 5.85. The molecule has 0 aliphatic carbocycles. The third-order valence-corrected chi connectivity index (χ3v) is 4.98. The van der Waals surface area contributed by atoms with E-state index in [0.717, 1.165) is 0 Å². The number of nitrogens with one attached hydrogen (secondary N) is 1. The Morgan fingerprint density at radius 1 is 1.09 bits per heavy atom. The fraction of sp³-hybridized carbons (Fsp3) is 0.824. The fourth-order valence-electron chi connectivity index (χ4n) is 2.72. The molecule has 1 fully saturated rings. The summed E-state index contributed by atoms with van der Waals surface area (Å²) in [6, 6.07) is 0. The normalized spacial score (nSPS) is 32.0. The lowest BCUT2D eigenvalue weighted by molar-refractivity contribution is -0.178. The van der Waals surface area contributed by atoms with Crippen LogP contribution in [0.1, 0.15) is 48.0 Å². The van der Waals surface area contributed by atoms with Crippen molar-refractivity contribution in [3.8, 4) is 0 Å². The molecule has 2 unspecified atom stereocenters. The van der Waals surface area contributed by atoms with Crippen molar-refractivity contribution in [2.75, 3.05) is 6.61 Å². The van der Waals surface area contributed by atoms with E-state index in [1.54, 1.807) is 6.92 Å². The monoisotopic (exact) mass is 327 g/mol. The molecule has 6 heteroatoms. The average Bonchev–Trinajstić information content (AvgIpc) is 2.46. The predicted octanol–water partition coefficient (Wildman–Crippen LogP) is 1.91. The first-order chi connectivity index (χ1) is 10.6. The van der Waals surface area contributed by atoms with Crippen molar-refractivity contribution in [1.29, 1.82) is 0 Å². The summed E-state index contributed by atoms with van der Waals surface area (Å²) >= 11 is 0. The number of rotatable bonds is 6. The van der Waals surface area contributed by atoms with E-state index in [0.29, 0.717) is 5.92 Å². The molecule has 1 aliphatic heterocycles. The second kappa shape index (κ2) is 8.43. The van der Waals surface area contributed by atoms with E-state index in [1.807, 2.05) is 6.92 Å². The summed E-state index contributed by atoms with van der Waals surface area (Å²) in [6.07, 6.45) is -0.533. The molecule has 0 aromatic heterocycles. The first kappa shape index (κ1) is 19.6. The van der Waals surface area contributed by atoms with E-state index in [9.17, 15) is 14.4 Å². The molecule has 0 aromatic carbocycles. The van der Waals surface area contributed by atoms with Crippen LogP contribution in [0.3, 0.4) is 0 Å². The zero-order valence-corrected chi connectivity index (χ0v) is 14.9. The minimum atomic E-state index is -0.437. The van der Waals surface area contributed by atoms with Gasteiger partial charge in [0.15, 0.2) is 0 Å². The maximum absolute atomic E-state index is 12.1. The molecule has 1 saturated heterocycles. The highest BCUT2D eigenvalue weighted by Crippen LogP contribution is 2.34. The minimum absolute atomic E-state index is 0.00696. The largest absolute Gasteiger partial charge is 0.463 e. The second-order valence-electron chi connectivity index (χ2n) is 6.76. The number of hydrogen-bond donors (Lipinski definition) is 1. The highest BCUT2D eigenvalue weighted by Gasteiger charge is 2.40. The summed E-state index contributed by atoms with van der Waals surface area (Å²) in [7, 11) is 0. The van der Waals surface area contributed by atoms with Crippen LogP contribution in [0.25, 0.3) is 0 Å². The average molecular weight is 327 g/mol. The van der Waals surface area contributed by atoms with Gasteiger partial charge >= 0.3 is 5.97 Å². The first-order valence-electron chi connectivity index (χ1n) is 8.22. The third kappa shape index (κ3) is 5.61. The lowest BCUT2D eigenvalue weighted by Crippen LogP contribution is -2.54. The van der Waals surface area contributed by atoms with Gasteiger partial charge in [0.2, 0.25) is 5.91 Å². The van der Waals surface area contributed by atoms with Crippen LogP contribution in [-0.4, -0.2) is 36.6 Å². The van der Waals surface area contributed by atoms with Gasteiger partial charge in [-0.3, -0.25) is 14.4 Å². The molecule has 0 bridgehead atoms. The number of carbonyl (C=O) groups is 3. The lowest BCUT2D eigenvalue weighted by atomic mass is 9.78. The van der Waals surface area contributed by atoms with Crippen LogP contribution in [0.5, 0.6) is 0 Å². The Kier molecular flexibility index (Phi) is 7.19. The summed E-state index contributed by atoms with van der Waals surface area (Å²) in [6.45, 7) is 11.0. The molecule has 1 heterocycles. The van der Waals surface area contributed by atoms with Crippen molar-refractivity contribution in [3.05, 3.63) is 0 Å². The molecular formula is C17H29NO5. The van der Waals surface area contributed by atoms with Gasteiger partial charge in [0, 0.05) is 25.2 Å². The van der Waals surface area contributed by atoms with Crippen LogP contribution >= 0.6 is 0 Å². The molecule has 1 rings (SSSR count). The van der Waals surface area contributed by atoms with Crippen LogP contribution in [0.4, 0.5) is 0 Å². The van der Waals surface area contributed by atoms with Crippen LogP contribution < -0.4 is 5.32 Å². The number of ketones is 1. The Bertz CT molecular complexity index is 450. The molecule has 6 nitrogen and oxygen atoms in total. The lowest BCUT2D eigenvalue weighted by Gasteiger charge is -2.43.